The number of aromatic nitrogens is 1. The van der Waals surface area contributed by atoms with Crippen LogP contribution in [0.15, 0.2) is 28.1 Å². The van der Waals surface area contributed by atoms with E-state index in [9.17, 15) is 4.39 Å². The lowest BCUT2D eigenvalue weighted by molar-refractivity contribution is 0.501. The smallest absolute Gasteiger partial charge is 0.129 e. The summed E-state index contributed by atoms with van der Waals surface area (Å²) in [6, 6.07) is 5.19. The minimum absolute atomic E-state index is 0.202. The first kappa shape index (κ1) is 14.6. The van der Waals surface area contributed by atoms with Gasteiger partial charge in [-0.25, -0.2) is 9.37 Å². The Morgan fingerprint density at radius 2 is 2.11 bits per heavy atom. The molecule has 0 saturated carbocycles. The van der Waals surface area contributed by atoms with Gasteiger partial charge in [-0.1, -0.05) is 22.0 Å². The van der Waals surface area contributed by atoms with Gasteiger partial charge in [0, 0.05) is 27.2 Å². The number of hydrogen-bond acceptors (Lipinski definition) is 3. The van der Waals surface area contributed by atoms with Crippen molar-refractivity contribution >= 4 is 27.3 Å². The van der Waals surface area contributed by atoms with E-state index < -0.39 is 0 Å². The predicted molar refractivity (Wildman–Crippen MR) is 81.1 cm³/mol. The fraction of sp³-hybridized carbons (Fsp3) is 0.357. The number of benzene rings is 1. The highest BCUT2D eigenvalue weighted by Crippen LogP contribution is 2.29. The Morgan fingerprint density at radius 1 is 1.37 bits per heavy atom. The molecule has 0 bridgehead atoms. The lowest BCUT2D eigenvalue weighted by Crippen LogP contribution is -2.29. The summed E-state index contributed by atoms with van der Waals surface area (Å²) in [5.41, 5.74) is 1.60. The molecule has 0 saturated heterocycles. The van der Waals surface area contributed by atoms with E-state index in [1.54, 1.807) is 17.4 Å². The van der Waals surface area contributed by atoms with Crippen LogP contribution in [0, 0.1) is 12.7 Å². The summed E-state index contributed by atoms with van der Waals surface area (Å²) in [6.07, 6.45) is 0. The van der Waals surface area contributed by atoms with Gasteiger partial charge < -0.3 is 5.32 Å². The molecule has 1 aromatic carbocycles. The van der Waals surface area contributed by atoms with Gasteiger partial charge in [-0.15, -0.1) is 11.3 Å². The van der Waals surface area contributed by atoms with Gasteiger partial charge in [0.15, 0.2) is 0 Å². The molecule has 0 fully saturated rings. The zero-order valence-corrected chi connectivity index (χ0v) is 13.5. The Bertz CT molecular complexity index is 568. The summed E-state index contributed by atoms with van der Waals surface area (Å²) in [7, 11) is 0. The van der Waals surface area contributed by atoms with Gasteiger partial charge in [0.25, 0.3) is 0 Å². The molecule has 0 aliphatic rings. The highest BCUT2D eigenvalue weighted by Gasteiger charge is 2.21. The molecule has 102 valence electrons. The minimum Gasteiger partial charge on any atom is -0.302 e. The Balaban J connectivity index is 2.42. The molecule has 0 aliphatic carbocycles. The maximum absolute atomic E-state index is 14.2. The number of halogens is 2. The molecule has 0 spiro atoms. The van der Waals surface area contributed by atoms with E-state index in [1.165, 1.54) is 6.07 Å². The topological polar surface area (TPSA) is 24.9 Å². The van der Waals surface area contributed by atoms with Gasteiger partial charge >= 0.3 is 0 Å². The first-order valence-electron chi connectivity index (χ1n) is 6.10. The van der Waals surface area contributed by atoms with Crippen LogP contribution >= 0.6 is 27.3 Å². The molecule has 5 heteroatoms. The Morgan fingerprint density at radius 3 is 2.63 bits per heavy atom. The monoisotopic (exact) mass is 342 g/mol. The van der Waals surface area contributed by atoms with Crippen LogP contribution in [0.5, 0.6) is 0 Å². The number of rotatable bonds is 4. The molecule has 1 aromatic heterocycles. The summed E-state index contributed by atoms with van der Waals surface area (Å²) >= 11 is 4.84. The van der Waals surface area contributed by atoms with Crippen molar-refractivity contribution in [3.63, 3.8) is 0 Å². The van der Waals surface area contributed by atoms with Gasteiger partial charge in [-0.3, -0.25) is 0 Å². The molecule has 0 radical (unpaired) electrons. The van der Waals surface area contributed by atoms with Crippen LogP contribution in [-0.4, -0.2) is 11.0 Å². The van der Waals surface area contributed by atoms with E-state index in [-0.39, 0.29) is 17.9 Å². The normalized spacial score (nSPS) is 12.9. The summed E-state index contributed by atoms with van der Waals surface area (Å²) in [5.74, 6) is -0.222. The van der Waals surface area contributed by atoms with Gasteiger partial charge in [0.05, 0.1) is 6.04 Å². The Labute approximate surface area is 125 Å². The van der Waals surface area contributed by atoms with Gasteiger partial charge in [-0.2, -0.15) is 0 Å². The number of aryl methyl sites for hydroxylation is 1. The van der Waals surface area contributed by atoms with Crippen molar-refractivity contribution in [3.05, 3.63) is 50.1 Å². The largest absolute Gasteiger partial charge is 0.302 e. The van der Waals surface area contributed by atoms with Crippen LogP contribution in [0.25, 0.3) is 0 Å². The molecule has 1 unspecified atom stereocenters. The van der Waals surface area contributed by atoms with Gasteiger partial charge in [0.2, 0.25) is 0 Å². The van der Waals surface area contributed by atoms with Crippen molar-refractivity contribution in [2.24, 2.45) is 0 Å². The first-order valence-corrected chi connectivity index (χ1v) is 7.77. The molecular weight excluding hydrogens is 327 g/mol. The molecule has 2 aromatic rings. The standard InChI is InChI=1S/C14H16BrFN2S/c1-8(2)17-13(14-18-9(3)7-19-14)11-5-4-10(15)6-12(11)16/h4-8,13,17H,1-3H3. The molecule has 0 amide bonds. The molecule has 2 nitrogen and oxygen atoms in total. The molecule has 0 aliphatic heterocycles. The predicted octanol–water partition coefficient (Wildman–Crippen LogP) is 4.44. The van der Waals surface area contributed by atoms with E-state index in [2.05, 4.69) is 26.2 Å². The highest BCUT2D eigenvalue weighted by molar-refractivity contribution is 9.10. The van der Waals surface area contributed by atoms with Crippen molar-refractivity contribution in [3.8, 4) is 0 Å². The van der Waals surface area contributed by atoms with Crippen LogP contribution in [0.4, 0.5) is 4.39 Å². The van der Waals surface area contributed by atoms with Crippen molar-refractivity contribution in [2.75, 3.05) is 0 Å². The Kier molecular flexibility index (Phi) is 4.71. The number of nitrogens with one attached hydrogen (secondary N) is 1. The third-order valence-corrected chi connectivity index (χ3v) is 4.18. The van der Waals surface area contributed by atoms with Crippen molar-refractivity contribution in [2.45, 2.75) is 32.9 Å². The second kappa shape index (κ2) is 6.11. The number of nitrogens with zero attached hydrogens (tertiary/aromatic N) is 1. The highest BCUT2D eigenvalue weighted by atomic mass is 79.9. The SMILES string of the molecule is Cc1csc(C(NC(C)C)c2ccc(Br)cc2F)n1. The van der Waals surface area contributed by atoms with Crippen molar-refractivity contribution < 1.29 is 4.39 Å². The summed E-state index contributed by atoms with van der Waals surface area (Å²) < 4.78 is 14.9. The van der Waals surface area contributed by atoms with Crippen LogP contribution in [0.1, 0.15) is 36.2 Å². The second-order valence-electron chi connectivity index (χ2n) is 4.75. The van der Waals surface area contributed by atoms with E-state index in [1.807, 2.05) is 32.2 Å². The molecule has 19 heavy (non-hydrogen) atoms. The van der Waals surface area contributed by atoms with Gasteiger partial charge in [0.1, 0.15) is 10.8 Å². The number of thiazole rings is 1. The zero-order valence-electron chi connectivity index (χ0n) is 11.1. The maximum Gasteiger partial charge on any atom is 0.129 e. The zero-order chi connectivity index (χ0) is 14.0. The quantitative estimate of drug-likeness (QED) is 0.888. The average Bonchev–Trinajstić information content (AvgIpc) is 2.73. The van der Waals surface area contributed by atoms with E-state index in [0.717, 1.165) is 15.2 Å². The maximum atomic E-state index is 14.2. The third-order valence-electron chi connectivity index (χ3n) is 2.66. The van der Waals surface area contributed by atoms with Crippen molar-refractivity contribution in [1.82, 2.24) is 10.3 Å². The molecule has 1 heterocycles. The second-order valence-corrected chi connectivity index (χ2v) is 6.55. The molecular formula is C14H16BrFN2S. The molecule has 1 N–H and O–H groups in total. The molecule has 2 rings (SSSR count). The molecule has 1 atom stereocenters. The average molecular weight is 343 g/mol. The van der Waals surface area contributed by atoms with Crippen LogP contribution < -0.4 is 5.32 Å². The van der Waals surface area contributed by atoms with Crippen LogP contribution in [-0.2, 0) is 0 Å². The fourth-order valence-corrected chi connectivity index (χ4v) is 3.07. The number of hydrogen-bond donors (Lipinski definition) is 1. The lowest BCUT2D eigenvalue weighted by Gasteiger charge is -2.20. The minimum atomic E-state index is -0.222. The van der Waals surface area contributed by atoms with Crippen molar-refractivity contribution in [1.29, 1.82) is 0 Å². The fourth-order valence-electron chi connectivity index (χ4n) is 1.87. The third kappa shape index (κ3) is 3.61. The summed E-state index contributed by atoms with van der Waals surface area (Å²) in [6.45, 7) is 6.04. The van der Waals surface area contributed by atoms with Gasteiger partial charge in [-0.05, 0) is 32.9 Å². The van der Waals surface area contributed by atoms with Crippen LogP contribution in [0.3, 0.4) is 0 Å². The van der Waals surface area contributed by atoms with Crippen LogP contribution in [0.2, 0.25) is 0 Å². The van der Waals surface area contributed by atoms with E-state index in [0.29, 0.717) is 5.56 Å². The summed E-state index contributed by atoms with van der Waals surface area (Å²) in [4.78, 5) is 4.48. The summed E-state index contributed by atoms with van der Waals surface area (Å²) in [5, 5.41) is 6.26. The first-order chi connectivity index (χ1) is 8.97. The van der Waals surface area contributed by atoms with E-state index in [4.69, 9.17) is 0 Å². The van der Waals surface area contributed by atoms with E-state index >= 15 is 0 Å². The lowest BCUT2D eigenvalue weighted by atomic mass is 10.1. The Hall–Kier alpha value is -0.780.